The van der Waals surface area contributed by atoms with Crippen molar-refractivity contribution in [1.29, 1.82) is 0 Å². The van der Waals surface area contributed by atoms with Gasteiger partial charge in [-0.1, -0.05) is 11.6 Å². The minimum Gasteiger partial charge on any atom is -0.378 e. The van der Waals surface area contributed by atoms with Crippen molar-refractivity contribution >= 4 is 22.0 Å². The van der Waals surface area contributed by atoms with E-state index in [2.05, 4.69) is 0 Å². The number of hydrogen-bond donors (Lipinski definition) is 3. The Labute approximate surface area is 57.8 Å². The van der Waals surface area contributed by atoms with E-state index in [1.54, 1.807) is 0 Å². The normalized spacial score (nSPS) is 13.4. The van der Waals surface area contributed by atoms with Gasteiger partial charge in [0, 0.05) is 0 Å². The molecule has 0 bridgehead atoms. The highest BCUT2D eigenvalue weighted by molar-refractivity contribution is 7.79. The molecule has 0 rings (SSSR count). The molecule has 3 N–H and O–H groups in total. The molecule has 0 radical (unpaired) electrons. The Balaban J connectivity index is 0. The van der Waals surface area contributed by atoms with Crippen LogP contribution in [0.25, 0.3) is 0 Å². The molecule has 0 saturated heterocycles. The van der Waals surface area contributed by atoms with E-state index in [9.17, 15) is 0 Å². The molecule has 0 spiro atoms. The lowest BCUT2D eigenvalue weighted by Crippen LogP contribution is -1.89. The van der Waals surface area contributed by atoms with Gasteiger partial charge in [0.2, 0.25) is 0 Å². The molecule has 1 atom stereocenters. The van der Waals surface area contributed by atoms with Gasteiger partial charge in [-0.2, -0.15) is 8.42 Å². The number of halogens is 1. The van der Waals surface area contributed by atoms with Crippen LogP contribution in [0.1, 0.15) is 6.92 Å². The maximum absolute atomic E-state index is 8.74. The Morgan fingerprint density at radius 3 is 1.44 bits per heavy atom. The van der Waals surface area contributed by atoms with Crippen LogP contribution in [0.2, 0.25) is 0 Å². The summed E-state index contributed by atoms with van der Waals surface area (Å²) in [5, 5.41) is 7.82. The molecule has 0 aromatic heterocycles. The van der Waals surface area contributed by atoms with Crippen LogP contribution in [0, 0.1) is 0 Å². The van der Waals surface area contributed by atoms with Crippen LogP contribution < -0.4 is 0 Å². The minimum absolute atomic E-state index is 0.694. The van der Waals surface area contributed by atoms with Gasteiger partial charge < -0.3 is 5.11 Å². The number of aliphatic hydroxyl groups is 1. The molecule has 0 aromatic rings. The fourth-order valence-corrected chi connectivity index (χ4v) is 0. The fraction of sp³-hybridized carbons (Fsp3) is 1.00. The lowest BCUT2D eigenvalue weighted by molar-refractivity contribution is 0.277. The van der Waals surface area contributed by atoms with E-state index in [-0.39, 0.29) is 0 Å². The number of hydrogen-bond acceptors (Lipinski definition) is 3. The van der Waals surface area contributed by atoms with Crippen LogP contribution in [-0.4, -0.2) is 28.2 Å². The second kappa shape index (κ2) is 4.95. The van der Waals surface area contributed by atoms with E-state index in [0.29, 0.717) is 0 Å². The summed E-state index contributed by atoms with van der Waals surface area (Å²) in [4.78, 5) is 0. The van der Waals surface area contributed by atoms with Gasteiger partial charge in [0.15, 0.2) is 0 Å². The van der Waals surface area contributed by atoms with Crippen molar-refractivity contribution in [3.05, 3.63) is 0 Å². The second-order valence-corrected chi connectivity index (χ2v) is 2.55. The van der Waals surface area contributed by atoms with Crippen molar-refractivity contribution in [2.24, 2.45) is 0 Å². The first-order valence-corrected chi connectivity index (χ1v) is 3.59. The van der Waals surface area contributed by atoms with Gasteiger partial charge in [-0.05, 0) is 6.92 Å². The molecule has 0 saturated carbocycles. The zero-order chi connectivity index (χ0) is 8.08. The van der Waals surface area contributed by atoms with Crippen molar-refractivity contribution in [1.82, 2.24) is 0 Å². The van der Waals surface area contributed by atoms with E-state index in [0.717, 1.165) is 0 Å². The summed E-state index contributed by atoms with van der Waals surface area (Å²) in [5.41, 5.74) is -0.694. The first-order chi connectivity index (χ1) is 3.73. The third-order valence-electron chi connectivity index (χ3n) is 0. The Bertz CT molecular complexity index is 126. The van der Waals surface area contributed by atoms with Gasteiger partial charge in [-0.25, -0.2) is 0 Å². The first-order valence-electron chi connectivity index (χ1n) is 1.75. The Hall–Kier alpha value is 0.120. The predicted octanol–water partition coefficient (Wildman–Crippen LogP) is -0.0893. The summed E-state index contributed by atoms with van der Waals surface area (Å²) in [7, 11) is -4.67. The predicted molar refractivity (Wildman–Crippen MR) is 31.7 cm³/mol. The largest absolute Gasteiger partial charge is 0.394 e. The van der Waals surface area contributed by atoms with Crippen LogP contribution in [0.3, 0.4) is 0 Å². The van der Waals surface area contributed by atoms with E-state index in [4.69, 9.17) is 34.2 Å². The van der Waals surface area contributed by atoms with Gasteiger partial charge in [0.25, 0.3) is 0 Å². The maximum atomic E-state index is 8.74. The number of rotatable bonds is 0. The maximum Gasteiger partial charge on any atom is 0.394 e. The monoisotopic (exact) mass is 178 g/mol. The highest BCUT2D eigenvalue weighted by Crippen LogP contribution is 1.79. The van der Waals surface area contributed by atoms with E-state index < -0.39 is 16.0 Å². The average molecular weight is 179 g/mol. The molecule has 0 aliphatic heterocycles. The molecule has 0 fully saturated rings. The molecule has 0 heterocycles. The lowest BCUT2D eigenvalue weighted by Gasteiger charge is -1.77. The average Bonchev–Trinajstić information content (AvgIpc) is 1.19. The smallest absolute Gasteiger partial charge is 0.378 e. The molecular formula is C2H7ClO5S. The third kappa shape index (κ3) is 21100. The third-order valence-corrected chi connectivity index (χ3v) is 0. The zero-order valence-corrected chi connectivity index (χ0v) is 6.09. The van der Waals surface area contributed by atoms with Crippen LogP contribution in [-0.2, 0) is 10.4 Å². The minimum atomic E-state index is -4.67. The summed E-state index contributed by atoms with van der Waals surface area (Å²) in [6.07, 6.45) is 0. The van der Waals surface area contributed by atoms with Crippen LogP contribution in [0.15, 0.2) is 0 Å². The summed E-state index contributed by atoms with van der Waals surface area (Å²) in [5.74, 6) is 0. The highest BCUT2D eigenvalue weighted by atomic mass is 35.5. The van der Waals surface area contributed by atoms with Gasteiger partial charge in [0.05, 0.1) is 0 Å². The lowest BCUT2D eigenvalue weighted by atomic mass is 10.9. The fourth-order valence-electron chi connectivity index (χ4n) is 0. The molecular weight excluding hydrogens is 172 g/mol. The van der Waals surface area contributed by atoms with Crippen molar-refractivity contribution in [3.8, 4) is 0 Å². The zero-order valence-electron chi connectivity index (χ0n) is 4.52. The SMILES string of the molecule is CC(O)Cl.O=S(=O)(O)O. The summed E-state index contributed by atoms with van der Waals surface area (Å²) in [6.45, 7) is 1.49. The molecule has 5 nitrogen and oxygen atoms in total. The standard InChI is InChI=1S/C2H5ClO.H2O4S/c1-2(3)4;1-5(2,3)4/h2,4H,1H3;(H2,1,2,3,4). The first kappa shape index (κ1) is 11.9. The molecule has 0 amide bonds. The Morgan fingerprint density at radius 2 is 1.44 bits per heavy atom. The molecule has 1 unspecified atom stereocenters. The van der Waals surface area contributed by atoms with E-state index >= 15 is 0 Å². The number of aliphatic hydroxyl groups excluding tert-OH is 1. The summed E-state index contributed by atoms with van der Waals surface area (Å²) in [6, 6.07) is 0. The molecule has 0 aliphatic carbocycles. The van der Waals surface area contributed by atoms with E-state index in [1.165, 1.54) is 6.92 Å². The Morgan fingerprint density at radius 1 is 1.44 bits per heavy atom. The van der Waals surface area contributed by atoms with Gasteiger partial charge in [0.1, 0.15) is 5.56 Å². The Kier molecular flexibility index (Phi) is 6.52. The molecule has 0 aliphatic rings. The van der Waals surface area contributed by atoms with Crippen molar-refractivity contribution in [3.63, 3.8) is 0 Å². The van der Waals surface area contributed by atoms with Crippen LogP contribution in [0.4, 0.5) is 0 Å². The number of alkyl halides is 1. The highest BCUT2D eigenvalue weighted by Gasteiger charge is 1.84. The summed E-state index contributed by atoms with van der Waals surface area (Å²) >= 11 is 4.83. The van der Waals surface area contributed by atoms with Gasteiger partial charge in [-0.15, -0.1) is 0 Å². The quantitative estimate of drug-likeness (QED) is 0.356. The summed E-state index contributed by atoms with van der Waals surface area (Å²) < 4.78 is 31.6. The van der Waals surface area contributed by atoms with Crippen molar-refractivity contribution in [2.45, 2.75) is 12.5 Å². The molecule has 7 heteroatoms. The molecule has 0 aromatic carbocycles. The second-order valence-electron chi connectivity index (χ2n) is 1.02. The van der Waals surface area contributed by atoms with E-state index in [1.807, 2.05) is 0 Å². The van der Waals surface area contributed by atoms with Crippen molar-refractivity contribution in [2.75, 3.05) is 0 Å². The van der Waals surface area contributed by atoms with Gasteiger partial charge in [-0.3, -0.25) is 9.11 Å². The molecule has 58 valence electrons. The van der Waals surface area contributed by atoms with Crippen LogP contribution >= 0.6 is 11.6 Å². The van der Waals surface area contributed by atoms with Gasteiger partial charge >= 0.3 is 10.4 Å². The van der Waals surface area contributed by atoms with Crippen LogP contribution in [0.5, 0.6) is 0 Å². The molecule has 9 heavy (non-hydrogen) atoms. The topological polar surface area (TPSA) is 94.8 Å². The van der Waals surface area contributed by atoms with Crippen molar-refractivity contribution < 1.29 is 22.6 Å².